The van der Waals surface area contributed by atoms with Gasteiger partial charge in [-0.05, 0) is 48.2 Å². The fourth-order valence-corrected chi connectivity index (χ4v) is 3.70. The van der Waals surface area contributed by atoms with Crippen LogP contribution in [-0.4, -0.2) is 43.5 Å². The molecule has 0 radical (unpaired) electrons. The number of anilines is 1. The second-order valence-electron chi connectivity index (χ2n) is 7.19. The van der Waals surface area contributed by atoms with Crippen LogP contribution in [0, 0.1) is 0 Å². The van der Waals surface area contributed by atoms with E-state index in [0.29, 0.717) is 60.1 Å². The van der Waals surface area contributed by atoms with Gasteiger partial charge in [0.1, 0.15) is 6.10 Å². The van der Waals surface area contributed by atoms with E-state index < -0.39 is 18.0 Å². The summed E-state index contributed by atoms with van der Waals surface area (Å²) in [6, 6.07) is 10.5. The molecule has 8 nitrogen and oxygen atoms in total. The Hall–Kier alpha value is -3.05. The highest BCUT2D eigenvalue weighted by Gasteiger charge is 2.33. The first-order chi connectivity index (χ1) is 15.4. The van der Waals surface area contributed by atoms with Gasteiger partial charge >= 0.3 is 6.09 Å². The average molecular weight is 465 g/mol. The first-order valence-corrected chi connectivity index (χ1v) is 10.8. The second kappa shape index (κ2) is 9.61. The Balaban J connectivity index is 1.41. The van der Waals surface area contributed by atoms with Crippen molar-refractivity contribution in [3.63, 3.8) is 0 Å². The van der Waals surface area contributed by atoms with E-state index in [-0.39, 0.29) is 12.5 Å². The number of alkyl halides is 2. The molecular formula is C21H21F2N3O5S. The standard InChI is InChI=1S/C21H21F2N3O5S/c1-12(27)24-10-15-11-26(21(28)29-15)14-3-5-17-19(9-14)31-16-4-2-13(8-18(16)30-17)6-7-25-32-20(22)23/h2-5,8-9,15,20,25H,6-7,10-11H2,1H3,(H,24,27)/t15-/m0/s1. The molecule has 0 saturated carbocycles. The summed E-state index contributed by atoms with van der Waals surface area (Å²) in [6.45, 7) is 2.34. The molecule has 0 unspecified atom stereocenters. The quantitative estimate of drug-likeness (QED) is 0.383. The maximum Gasteiger partial charge on any atom is 0.414 e. The van der Waals surface area contributed by atoms with Crippen LogP contribution in [0.25, 0.3) is 0 Å². The lowest BCUT2D eigenvalue weighted by Crippen LogP contribution is -2.33. The minimum Gasteiger partial charge on any atom is -0.450 e. The predicted molar refractivity (Wildman–Crippen MR) is 115 cm³/mol. The van der Waals surface area contributed by atoms with Crippen LogP contribution in [0.5, 0.6) is 23.0 Å². The van der Waals surface area contributed by atoms with Gasteiger partial charge < -0.3 is 19.5 Å². The second-order valence-corrected chi connectivity index (χ2v) is 8.07. The summed E-state index contributed by atoms with van der Waals surface area (Å²) in [5.74, 6) is -0.657. The molecule has 2 N–H and O–H groups in total. The minimum absolute atomic E-state index is 0.191. The number of carbonyl (C=O) groups excluding carboxylic acids is 2. The van der Waals surface area contributed by atoms with Crippen LogP contribution < -0.4 is 24.4 Å². The maximum atomic E-state index is 12.2. The summed E-state index contributed by atoms with van der Waals surface area (Å²) < 4.78 is 44.2. The molecule has 4 rings (SSSR count). The van der Waals surface area contributed by atoms with Gasteiger partial charge in [-0.3, -0.25) is 14.4 Å². The number of amides is 2. The summed E-state index contributed by atoms with van der Waals surface area (Å²) in [7, 11) is 0. The lowest BCUT2D eigenvalue weighted by molar-refractivity contribution is -0.119. The first-order valence-electron chi connectivity index (χ1n) is 9.91. The van der Waals surface area contributed by atoms with Gasteiger partial charge in [0, 0.05) is 19.5 Å². The highest BCUT2D eigenvalue weighted by molar-refractivity contribution is 7.97. The first kappa shape index (κ1) is 22.2. The van der Waals surface area contributed by atoms with Crippen molar-refractivity contribution in [3.8, 4) is 23.0 Å². The molecule has 32 heavy (non-hydrogen) atoms. The molecule has 1 saturated heterocycles. The van der Waals surface area contributed by atoms with Gasteiger partial charge in [0.05, 0.1) is 18.8 Å². The van der Waals surface area contributed by atoms with Crippen molar-refractivity contribution in [3.05, 3.63) is 42.0 Å². The number of halogens is 2. The molecule has 170 valence electrons. The number of nitrogens with one attached hydrogen (secondary N) is 2. The Bertz CT molecular complexity index is 1020. The zero-order chi connectivity index (χ0) is 22.7. The van der Waals surface area contributed by atoms with Crippen LogP contribution in [0.1, 0.15) is 12.5 Å². The molecule has 2 heterocycles. The molecule has 0 aliphatic carbocycles. The summed E-state index contributed by atoms with van der Waals surface area (Å²) in [5.41, 5.74) is 1.50. The lowest BCUT2D eigenvalue weighted by atomic mass is 10.1. The van der Waals surface area contributed by atoms with E-state index in [4.69, 9.17) is 14.2 Å². The molecule has 1 fully saturated rings. The van der Waals surface area contributed by atoms with E-state index in [9.17, 15) is 18.4 Å². The van der Waals surface area contributed by atoms with Gasteiger partial charge in [0.25, 0.3) is 5.76 Å². The van der Waals surface area contributed by atoms with Crippen molar-refractivity contribution in [2.75, 3.05) is 24.5 Å². The van der Waals surface area contributed by atoms with E-state index in [1.165, 1.54) is 11.8 Å². The number of cyclic esters (lactones) is 1. The van der Waals surface area contributed by atoms with Crippen LogP contribution in [0.2, 0.25) is 0 Å². The van der Waals surface area contributed by atoms with Crippen LogP contribution >= 0.6 is 11.9 Å². The summed E-state index contributed by atoms with van der Waals surface area (Å²) in [6.07, 6.45) is -0.383. The molecule has 1 atom stereocenters. The minimum atomic E-state index is -2.46. The third-order valence-electron chi connectivity index (χ3n) is 4.83. The average Bonchev–Trinajstić information content (AvgIpc) is 3.14. The summed E-state index contributed by atoms with van der Waals surface area (Å²) in [4.78, 5) is 24.8. The largest absolute Gasteiger partial charge is 0.450 e. The maximum absolute atomic E-state index is 12.2. The molecule has 0 spiro atoms. The molecule has 2 aromatic carbocycles. The monoisotopic (exact) mass is 465 g/mol. The van der Waals surface area contributed by atoms with Crippen molar-refractivity contribution < 1.29 is 32.6 Å². The summed E-state index contributed by atoms with van der Waals surface area (Å²) in [5, 5.41) is 2.64. The highest BCUT2D eigenvalue weighted by Crippen LogP contribution is 2.47. The lowest BCUT2D eigenvalue weighted by Gasteiger charge is -2.23. The number of nitrogens with zero attached hydrogens (tertiary/aromatic N) is 1. The zero-order valence-electron chi connectivity index (χ0n) is 17.1. The number of benzene rings is 2. The van der Waals surface area contributed by atoms with Crippen LogP contribution in [0.3, 0.4) is 0 Å². The van der Waals surface area contributed by atoms with Gasteiger partial charge in [-0.1, -0.05) is 6.07 Å². The summed E-state index contributed by atoms with van der Waals surface area (Å²) >= 11 is 0.391. The van der Waals surface area contributed by atoms with Crippen LogP contribution in [0.4, 0.5) is 19.3 Å². The van der Waals surface area contributed by atoms with Crippen LogP contribution in [0.15, 0.2) is 36.4 Å². The van der Waals surface area contributed by atoms with Gasteiger partial charge in [0.15, 0.2) is 23.0 Å². The fraction of sp³-hybridized carbons (Fsp3) is 0.333. The third-order valence-corrected chi connectivity index (χ3v) is 5.38. The zero-order valence-corrected chi connectivity index (χ0v) is 17.9. The van der Waals surface area contributed by atoms with Crippen LogP contribution in [-0.2, 0) is 16.0 Å². The Morgan fingerprint density at radius 1 is 1.16 bits per heavy atom. The number of fused-ring (bicyclic) bond motifs is 2. The molecular weight excluding hydrogens is 444 g/mol. The van der Waals surface area contributed by atoms with E-state index in [1.807, 2.05) is 12.1 Å². The van der Waals surface area contributed by atoms with Crippen molar-refractivity contribution in [1.82, 2.24) is 10.0 Å². The fourth-order valence-electron chi connectivity index (χ4n) is 3.35. The van der Waals surface area contributed by atoms with Gasteiger partial charge in [0.2, 0.25) is 5.91 Å². The third kappa shape index (κ3) is 5.22. The Morgan fingerprint density at radius 2 is 1.88 bits per heavy atom. The normalized spacial score (nSPS) is 16.7. The van der Waals surface area contributed by atoms with Crippen molar-refractivity contribution in [2.24, 2.45) is 0 Å². The van der Waals surface area contributed by atoms with E-state index >= 15 is 0 Å². The number of rotatable bonds is 8. The molecule has 2 aliphatic rings. The number of ether oxygens (including phenoxy) is 3. The Labute approximate surface area is 187 Å². The van der Waals surface area contributed by atoms with Crippen molar-refractivity contribution in [1.29, 1.82) is 0 Å². The number of hydrogen-bond donors (Lipinski definition) is 2. The van der Waals surface area contributed by atoms with E-state index in [2.05, 4.69) is 10.0 Å². The van der Waals surface area contributed by atoms with E-state index in [1.54, 1.807) is 24.3 Å². The molecule has 0 aromatic heterocycles. The molecule has 2 amide bonds. The predicted octanol–water partition coefficient (Wildman–Crippen LogP) is 4.05. The Kier molecular flexibility index (Phi) is 6.66. The van der Waals surface area contributed by atoms with Crippen molar-refractivity contribution >= 4 is 29.6 Å². The topological polar surface area (TPSA) is 89.1 Å². The van der Waals surface area contributed by atoms with Gasteiger partial charge in [-0.25, -0.2) is 4.79 Å². The van der Waals surface area contributed by atoms with Crippen molar-refractivity contribution in [2.45, 2.75) is 25.2 Å². The van der Waals surface area contributed by atoms with Gasteiger partial charge in [-0.15, -0.1) is 0 Å². The molecule has 2 aliphatic heterocycles. The Morgan fingerprint density at radius 3 is 2.59 bits per heavy atom. The smallest absolute Gasteiger partial charge is 0.414 e. The highest BCUT2D eigenvalue weighted by atomic mass is 32.2. The molecule has 11 heteroatoms. The van der Waals surface area contributed by atoms with Gasteiger partial charge in [-0.2, -0.15) is 8.78 Å². The number of carbonyl (C=O) groups is 2. The number of hydrogen-bond acceptors (Lipinski definition) is 7. The molecule has 2 aromatic rings. The SMILES string of the molecule is CC(=O)NC[C@H]1CN(c2ccc3c(c2)Oc2ccc(CCNSC(F)F)cc2O3)C(=O)O1. The van der Waals surface area contributed by atoms with E-state index in [0.717, 1.165) is 5.56 Å². The molecule has 0 bridgehead atoms.